The molecule has 4 aromatic rings. The molecule has 9 nitrogen and oxygen atoms in total. The number of phenolic OH excluding ortho intramolecular Hbond substituents is 3. The van der Waals surface area contributed by atoms with Crippen molar-refractivity contribution in [3.8, 4) is 56.8 Å². The van der Waals surface area contributed by atoms with Crippen LogP contribution in [-0.2, 0) is 14.4 Å². The van der Waals surface area contributed by atoms with Gasteiger partial charge in [0.15, 0.2) is 0 Å². The molecule has 0 amide bonds. The van der Waals surface area contributed by atoms with Gasteiger partial charge in [-0.1, -0.05) is 44.0 Å². The quantitative estimate of drug-likeness (QED) is 0.107. The van der Waals surface area contributed by atoms with Crippen molar-refractivity contribution in [3.05, 3.63) is 121 Å². The first-order valence-electron chi connectivity index (χ1n) is 13.4. The molecule has 9 heteroatoms. The lowest BCUT2D eigenvalue weighted by molar-refractivity contribution is -0.131. The van der Waals surface area contributed by atoms with Crippen molar-refractivity contribution in [2.45, 2.75) is 20.8 Å². The fourth-order valence-corrected chi connectivity index (χ4v) is 3.57. The van der Waals surface area contributed by atoms with Crippen LogP contribution in [0.15, 0.2) is 121 Å². The van der Waals surface area contributed by atoms with Crippen LogP contribution in [0.4, 0.5) is 0 Å². The highest BCUT2D eigenvalue weighted by molar-refractivity contribution is 5.91. The van der Waals surface area contributed by atoms with Crippen LogP contribution in [0.2, 0.25) is 0 Å². The van der Waals surface area contributed by atoms with Crippen molar-refractivity contribution >= 4 is 17.9 Å². The number of esters is 3. The minimum Gasteiger partial charge on any atom is -0.508 e. The summed E-state index contributed by atoms with van der Waals surface area (Å²) in [4.78, 5) is 35.4. The molecule has 4 aromatic carbocycles. The third-order valence-corrected chi connectivity index (χ3v) is 5.85. The fraction of sp³-hybridized carbons (Fsp3) is 0.0833. The maximum absolute atomic E-state index is 11.9. The summed E-state index contributed by atoms with van der Waals surface area (Å²) in [6.07, 6.45) is 0. The summed E-state index contributed by atoms with van der Waals surface area (Å²) >= 11 is 0. The lowest BCUT2D eigenvalue weighted by Gasteiger charge is -2.11. The highest BCUT2D eigenvalue weighted by atomic mass is 16.5. The number of phenols is 3. The average molecular weight is 609 g/mol. The zero-order valence-electron chi connectivity index (χ0n) is 25.0. The van der Waals surface area contributed by atoms with E-state index in [2.05, 4.69) is 19.7 Å². The van der Waals surface area contributed by atoms with E-state index in [0.29, 0.717) is 22.4 Å². The predicted molar refractivity (Wildman–Crippen MR) is 170 cm³/mol. The molecule has 0 atom stereocenters. The summed E-state index contributed by atoms with van der Waals surface area (Å²) in [6.45, 7) is 15.3. The molecule has 0 saturated heterocycles. The number of hydrogen-bond donors (Lipinski definition) is 3. The van der Waals surface area contributed by atoms with Gasteiger partial charge < -0.3 is 29.5 Å². The van der Waals surface area contributed by atoms with Crippen molar-refractivity contribution < 1.29 is 43.9 Å². The molecular formula is C36H32O9. The van der Waals surface area contributed by atoms with E-state index >= 15 is 0 Å². The van der Waals surface area contributed by atoms with E-state index < -0.39 is 17.9 Å². The molecule has 0 aliphatic heterocycles. The van der Waals surface area contributed by atoms with E-state index in [1.165, 1.54) is 26.0 Å². The van der Waals surface area contributed by atoms with E-state index in [0.717, 1.165) is 5.56 Å². The van der Waals surface area contributed by atoms with Crippen LogP contribution in [0.1, 0.15) is 20.8 Å². The van der Waals surface area contributed by atoms with Gasteiger partial charge in [-0.15, -0.1) is 0 Å². The Kier molecular flexibility index (Phi) is 11.0. The second-order valence-electron chi connectivity index (χ2n) is 10.0. The average Bonchev–Trinajstić information content (AvgIpc) is 2.97. The van der Waals surface area contributed by atoms with Gasteiger partial charge in [-0.2, -0.15) is 0 Å². The lowest BCUT2D eigenvalue weighted by atomic mass is 10.0. The second-order valence-corrected chi connectivity index (χ2v) is 10.0. The van der Waals surface area contributed by atoms with Crippen molar-refractivity contribution in [1.29, 1.82) is 0 Å². The standard InChI is InChI=1S/C24H22O6.C12H10O3/c1-14(2)22(25)28-19-9-7-17(8-10-19)18-11-20(29-23(26)15(3)4)13-21(12-18)30-24(27)16(5)6;13-10-3-1-8(2-4-10)9-5-11(14)7-12(15)6-9/h7-13H,1,3,5H2,2,4,6H3;1-7,13-15H. The Balaban J connectivity index is 0.000000305. The van der Waals surface area contributed by atoms with Gasteiger partial charge in [0.25, 0.3) is 0 Å². The van der Waals surface area contributed by atoms with Crippen LogP contribution in [-0.4, -0.2) is 33.2 Å². The summed E-state index contributed by atoms with van der Waals surface area (Å²) < 4.78 is 15.8. The SMILES string of the molecule is C=C(C)C(=O)Oc1ccc(-c2cc(OC(=O)C(=C)C)cc(OC(=O)C(=C)C)c2)cc1.Oc1ccc(-c2cc(O)cc(O)c2)cc1. The number of aromatic hydroxyl groups is 3. The topological polar surface area (TPSA) is 140 Å². The molecule has 0 aromatic heterocycles. The van der Waals surface area contributed by atoms with Gasteiger partial charge in [0.2, 0.25) is 0 Å². The number of carbonyl (C=O) groups is 3. The van der Waals surface area contributed by atoms with Crippen LogP contribution in [0, 0.1) is 0 Å². The Morgan fingerprint density at radius 3 is 1.20 bits per heavy atom. The van der Waals surface area contributed by atoms with Crippen molar-refractivity contribution in [1.82, 2.24) is 0 Å². The minimum atomic E-state index is -0.605. The summed E-state index contributed by atoms with van der Waals surface area (Å²) in [5.74, 6) is -0.807. The normalized spacial score (nSPS) is 10.0. The third kappa shape index (κ3) is 10.0. The molecule has 4 rings (SSSR count). The Bertz CT molecular complexity index is 1700. The fourth-order valence-electron chi connectivity index (χ4n) is 3.57. The lowest BCUT2D eigenvalue weighted by Crippen LogP contribution is -2.10. The molecule has 45 heavy (non-hydrogen) atoms. The van der Waals surface area contributed by atoms with Gasteiger partial charge in [0.1, 0.15) is 34.5 Å². The molecule has 0 heterocycles. The molecule has 3 N–H and O–H groups in total. The van der Waals surface area contributed by atoms with Gasteiger partial charge >= 0.3 is 17.9 Å². The Hall–Kier alpha value is -6.09. The van der Waals surface area contributed by atoms with Gasteiger partial charge in [-0.25, -0.2) is 14.4 Å². The highest BCUT2D eigenvalue weighted by Crippen LogP contribution is 2.32. The first kappa shape index (κ1) is 33.4. The molecule has 0 unspecified atom stereocenters. The smallest absolute Gasteiger partial charge is 0.338 e. The molecular weight excluding hydrogens is 576 g/mol. The van der Waals surface area contributed by atoms with E-state index in [9.17, 15) is 24.6 Å². The van der Waals surface area contributed by atoms with Crippen LogP contribution in [0.5, 0.6) is 34.5 Å². The highest BCUT2D eigenvalue weighted by Gasteiger charge is 2.13. The number of hydrogen-bond acceptors (Lipinski definition) is 9. The number of rotatable bonds is 8. The summed E-state index contributed by atoms with van der Waals surface area (Å²) in [6, 6.07) is 22.2. The molecule has 0 spiro atoms. The molecule has 0 radical (unpaired) electrons. The largest absolute Gasteiger partial charge is 0.508 e. The van der Waals surface area contributed by atoms with Crippen molar-refractivity contribution in [2.75, 3.05) is 0 Å². The molecule has 0 bridgehead atoms. The predicted octanol–water partition coefficient (Wildman–Crippen LogP) is 7.27. The summed E-state index contributed by atoms with van der Waals surface area (Å²) in [5.41, 5.74) is 3.59. The van der Waals surface area contributed by atoms with Crippen LogP contribution < -0.4 is 14.2 Å². The van der Waals surface area contributed by atoms with Gasteiger partial charge in [-0.3, -0.25) is 0 Å². The maximum Gasteiger partial charge on any atom is 0.338 e. The van der Waals surface area contributed by atoms with Crippen molar-refractivity contribution in [3.63, 3.8) is 0 Å². The van der Waals surface area contributed by atoms with Gasteiger partial charge in [0, 0.05) is 28.9 Å². The van der Waals surface area contributed by atoms with E-state index in [4.69, 9.17) is 19.3 Å². The Labute approximate surface area is 260 Å². The first-order chi connectivity index (χ1) is 21.2. The molecule has 0 aliphatic carbocycles. The maximum atomic E-state index is 11.9. The summed E-state index contributed by atoms with van der Waals surface area (Å²) in [5, 5.41) is 27.7. The van der Waals surface area contributed by atoms with Crippen molar-refractivity contribution in [2.24, 2.45) is 0 Å². The number of benzene rings is 4. The summed E-state index contributed by atoms with van der Waals surface area (Å²) in [7, 11) is 0. The van der Waals surface area contributed by atoms with Crippen LogP contribution in [0.25, 0.3) is 22.3 Å². The molecule has 0 saturated carbocycles. The van der Waals surface area contributed by atoms with E-state index in [1.54, 1.807) is 79.7 Å². The van der Waals surface area contributed by atoms with E-state index in [-0.39, 0.29) is 45.5 Å². The second kappa shape index (κ2) is 14.9. The molecule has 230 valence electrons. The first-order valence-corrected chi connectivity index (χ1v) is 13.4. The minimum absolute atomic E-state index is 0.0121. The Morgan fingerprint density at radius 1 is 0.444 bits per heavy atom. The zero-order chi connectivity index (χ0) is 33.3. The molecule has 0 fully saturated rings. The van der Waals surface area contributed by atoms with Crippen LogP contribution >= 0.6 is 0 Å². The molecule has 0 aliphatic rings. The van der Waals surface area contributed by atoms with Gasteiger partial charge in [0.05, 0.1) is 0 Å². The Morgan fingerprint density at radius 2 is 0.800 bits per heavy atom. The zero-order valence-corrected chi connectivity index (χ0v) is 25.0. The number of carbonyl (C=O) groups excluding carboxylic acids is 3. The third-order valence-electron chi connectivity index (χ3n) is 5.85. The van der Waals surface area contributed by atoms with Gasteiger partial charge in [-0.05, 0) is 91.6 Å². The van der Waals surface area contributed by atoms with E-state index in [1.807, 2.05) is 0 Å². The van der Waals surface area contributed by atoms with Crippen LogP contribution in [0.3, 0.4) is 0 Å². The monoisotopic (exact) mass is 608 g/mol. The number of ether oxygens (including phenoxy) is 3.